The number of nitrogens with one attached hydrogen (secondary N) is 1. The van der Waals surface area contributed by atoms with Gasteiger partial charge in [-0.3, -0.25) is 9.59 Å². The molecule has 6 heteroatoms. The van der Waals surface area contributed by atoms with E-state index < -0.39 is 11.4 Å². The van der Waals surface area contributed by atoms with Gasteiger partial charge in [0.05, 0.1) is 11.0 Å². The molecule has 0 unspecified atom stereocenters. The van der Waals surface area contributed by atoms with Crippen molar-refractivity contribution < 1.29 is 14.6 Å². The summed E-state index contributed by atoms with van der Waals surface area (Å²) in [5, 5.41) is 9.24. The highest BCUT2D eigenvalue weighted by atomic mass is 16.5. The Kier molecular flexibility index (Phi) is 6.01. The number of carboxylic acid groups (broad SMARTS) is 1. The Balaban J connectivity index is 1.82. The van der Waals surface area contributed by atoms with E-state index in [0.29, 0.717) is 28.9 Å². The molecule has 1 aromatic heterocycles. The fraction of sp³-hybridized carbons (Fsp3) is 0.222. The average Bonchev–Trinajstić information content (AvgIpc) is 2.77. The molecule has 0 radical (unpaired) electrons. The fourth-order valence-electron chi connectivity index (χ4n) is 3.74. The van der Waals surface area contributed by atoms with Crippen LogP contribution in [-0.4, -0.2) is 21.0 Å². The summed E-state index contributed by atoms with van der Waals surface area (Å²) in [6.07, 6.45) is 0.282. The van der Waals surface area contributed by atoms with E-state index in [0.717, 1.165) is 22.4 Å². The Morgan fingerprint density at radius 3 is 2.39 bits per heavy atom. The average molecular weight is 443 g/mol. The minimum absolute atomic E-state index is 0.0264. The molecular weight excluding hydrogens is 416 g/mol. The van der Waals surface area contributed by atoms with Crippen LogP contribution in [0, 0.1) is 0 Å². The van der Waals surface area contributed by atoms with E-state index >= 15 is 0 Å². The van der Waals surface area contributed by atoms with Gasteiger partial charge >= 0.3 is 5.97 Å². The SMILES string of the molecule is CC(C)(C)c1nc2c(CCC(=O)O)cc(-c3cccc(Oc4ccccc4)c3)cc2[nH]c1=O. The van der Waals surface area contributed by atoms with Gasteiger partial charge in [-0.05, 0) is 59.5 Å². The highest BCUT2D eigenvalue weighted by Gasteiger charge is 2.21. The van der Waals surface area contributed by atoms with Gasteiger partial charge in [0.1, 0.15) is 17.2 Å². The molecule has 168 valence electrons. The third kappa shape index (κ3) is 5.12. The van der Waals surface area contributed by atoms with Crippen molar-refractivity contribution in [2.75, 3.05) is 0 Å². The molecular formula is C27H26N2O4. The number of nitrogens with zero attached hydrogens (tertiary/aromatic N) is 1. The van der Waals surface area contributed by atoms with Crippen LogP contribution in [0.1, 0.15) is 38.4 Å². The lowest BCUT2D eigenvalue weighted by Crippen LogP contribution is -2.26. The Morgan fingerprint density at radius 2 is 1.70 bits per heavy atom. The van der Waals surface area contributed by atoms with Gasteiger partial charge in [0, 0.05) is 11.8 Å². The standard InChI is InChI=1S/C27H26N2O4/c1-27(2,3)25-26(32)28-22-16-19(14-18(24(22)29-25)12-13-23(30)31)17-8-7-11-21(15-17)33-20-9-5-4-6-10-20/h4-11,14-16H,12-13H2,1-3H3,(H,28,32)(H,30,31). The van der Waals surface area contributed by atoms with Crippen LogP contribution in [0.15, 0.2) is 71.5 Å². The molecule has 0 aliphatic rings. The molecule has 4 rings (SSSR count). The van der Waals surface area contributed by atoms with E-state index in [1.165, 1.54) is 0 Å². The largest absolute Gasteiger partial charge is 0.481 e. The maximum absolute atomic E-state index is 12.7. The summed E-state index contributed by atoms with van der Waals surface area (Å²) >= 11 is 0. The van der Waals surface area contributed by atoms with Crippen molar-refractivity contribution in [3.63, 3.8) is 0 Å². The summed E-state index contributed by atoms with van der Waals surface area (Å²) in [6.45, 7) is 5.79. The maximum atomic E-state index is 12.7. The zero-order valence-corrected chi connectivity index (χ0v) is 18.9. The first kappa shape index (κ1) is 22.3. The van der Waals surface area contributed by atoms with Gasteiger partial charge in [-0.2, -0.15) is 0 Å². The molecule has 3 aromatic carbocycles. The van der Waals surface area contributed by atoms with Crippen LogP contribution >= 0.6 is 0 Å². The lowest BCUT2D eigenvalue weighted by molar-refractivity contribution is -0.136. The molecule has 1 heterocycles. The predicted molar refractivity (Wildman–Crippen MR) is 129 cm³/mol. The van der Waals surface area contributed by atoms with Gasteiger partial charge in [-0.25, -0.2) is 4.98 Å². The van der Waals surface area contributed by atoms with E-state index in [-0.39, 0.29) is 12.0 Å². The van der Waals surface area contributed by atoms with Crippen LogP contribution in [0.3, 0.4) is 0 Å². The van der Waals surface area contributed by atoms with E-state index in [1.807, 2.05) is 87.5 Å². The lowest BCUT2D eigenvalue weighted by atomic mass is 9.91. The van der Waals surface area contributed by atoms with E-state index in [2.05, 4.69) is 9.97 Å². The van der Waals surface area contributed by atoms with Crippen LogP contribution in [0.25, 0.3) is 22.2 Å². The fourth-order valence-corrected chi connectivity index (χ4v) is 3.74. The number of carboxylic acids is 1. The van der Waals surface area contributed by atoms with E-state index in [9.17, 15) is 14.7 Å². The van der Waals surface area contributed by atoms with Crippen molar-refractivity contribution in [3.8, 4) is 22.6 Å². The summed E-state index contributed by atoms with van der Waals surface area (Å²) in [5.74, 6) is 0.534. The number of aryl methyl sites for hydroxylation is 1. The van der Waals surface area contributed by atoms with Crippen LogP contribution in [0.5, 0.6) is 11.5 Å². The van der Waals surface area contributed by atoms with Gasteiger partial charge in [-0.1, -0.05) is 51.1 Å². The van der Waals surface area contributed by atoms with Crippen LogP contribution in [0.4, 0.5) is 0 Å². The van der Waals surface area contributed by atoms with Gasteiger partial charge in [-0.15, -0.1) is 0 Å². The number of para-hydroxylation sites is 1. The molecule has 0 aliphatic heterocycles. The number of aromatic nitrogens is 2. The molecule has 0 amide bonds. The van der Waals surface area contributed by atoms with Gasteiger partial charge in [0.15, 0.2) is 0 Å². The summed E-state index contributed by atoms with van der Waals surface area (Å²) in [7, 11) is 0. The van der Waals surface area contributed by atoms with Crippen molar-refractivity contribution in [3.05, 3.63) is 88.3 Å². The van der Waals surface area contributed by atoms with Crippen LogP contribution in [-0.2, 0) is 16.6 Å². The van der Waals surface area contributed by atoms with E-state index in [4.69, 9.17) is 4.74 Å². The second-order valence-corrected chi connectivity index (χ2v) is 9.03. The minimum atomic E-state index is -0.882. The molecule has 0 fully saturated rings. The van der Waals surface area contributed by atoms with Crippen molar-refractivity contribution in [2.24, 2.45) is 0 Å². The summed E-state index contributed by atoms with van der Waals surface area (Å²) in [6, 6.07) is 21.0. The topological polar surface area (TPSA) is 92.3 Å². The molecule has 0 aliphatic carbocycles. The first-order chi connectivity index (χ1) is 15.7. The Hall–Kier alpha value is -3.93. The quantitative estimate of drug-likeness (QED) is 0.400. The number of rotatable bonds is 6. The molecule has 6 nitrogen and oxygen atoms in total. The number of carbonyl (C=O) groups is 1. The van der Waals surface area contributed by atoms with Crippen LogP contribution < -0.4 is 10.3 Å². The Morgan fingerprint density at radius 1 is 0.970 bits per heavy atom. The van der Waals surface area contributed by atoms with Crippen molar-refractivity contribution in [1.82, 2.24) is 9.97 Å². The highest BCUT2D eigenvalue weighted by molar-refractivity contribution is 5.85. The zero-order valence-electron chi connectivity index (χ0n) is 18.9. The number of hydrogen-bond acceptors (Lipinski definition) is 4. The Labute approximate surface area is 191 Å². The number of benzene rings is 3. The molecule has 2 N–H and O–H groups in total. The zero-order chi connectivity index (χ0) is 23.6. The highest BCUT2D eigenvalue weighted by Crippen LogP contribution is 2.31. The molecule has 0 atom stereocenters. The second-order valence-electron chi connectivity index (χ2n) is 9.03. The third-order valence-corrected chi connectivity index (χ3v) is 5.34. The normalized spacial score (nSPS) is 11.5. The van der Waals surface area contributed by atoms with Crippen molar-refractivity contribution >= 4 is 17.0 Å². The van der Waals surface area contributed by atoms with E-state index in [1.54, 1.807) is 0 Å². The number of aromatic amines is 1. The summed E-state index contributed by atoms with van der Waals surface area (Å²) in [4.78, 5) is 31.6. The number of ether oxygens (including phenoxy) is 1. The molecule has 0 saturated carbocycles. The summed E-state index contributed by atoms with van der Waals surface area (Å²) in [5.41, 5.74) is 3.48. The lowest BCUT2D eigenvalue weighted by Gasteiger charge is -2.18. The number of hydrogen-bond donors (Lipinski definition) is 2. The molecule has 33 heavy (non-hydrogen) atoms. The first-order valence-electron chi connectivity index (χ1n) is 10.8. The van der Waals surface area contributed by atoms with Crippen LogP contribution in [0.2, 0.25) is 0 Å². The van der Waals surface area contributed by atoms with Gasteiger partial charge in [0.25, 0.3) is 5.56 Å². The smallest absolute Gasteiger partial charge is 0.303 e. The van der Waals surface area contributed by atoms with Gasteiger partial charge in [0.2, 0.25) is 0 Å². The molecule has 4 aromatic rings. The number of fused-ring (bicyclic) bond motifs is 1. The van der Waals surface area contributed by atoms with Crippen molar-refractivity contribution in [1.29, 1.82) is 0 Å². The maximum Gasteiger partial charge on any atom is 0.303 e. The molecule has 0 saturated heterocycles. The van der Waals surface area contributed by atoms with Gasteiger partial charge < -0.3 is 14.8 Å². The Bertz CT molecular complexity index is 1370. The molecule has 0 spiro atoms. The third-order valence-electron chi connectivity index (χ3n) is 5.34. The summed E-state index contributed by atoms with van der Waals surface area (Å²) < 4.78 is 5.96. The first-order valence-corrected chi connectivity index (χ1v) is 10.8. The monoisotopic (exact) mass is 442 g/mol. The van der Waals surface area contributed by atoms with Crippen molar-refractivity contribution in [2.45, 2.75) is 39.0 Å². The second kappa shape index (κ2) is 8.90. The number of aliphatic carboxylic acids is 1. The molecule has 0 bridgehead atoms. The minimum Gasteiger partial charge on any atom is -0.481 e. The number of H-pyrrole nitrogens is 1. The predicted octanol–water partition coefficient (Wildman–Crippen LogP) is 5.70.